The topological polar surface area (TPSA) is 71.1 Å². The second kappa shape index (κ2) is 8.22. The van der Waals surface area contributed by atoms with Gasteiger partial charge in [-0.25, -0.2) is 0 Å². The lowest BCUT2D eigenvalue weighted by atomic mass is 10.2. The highest BCUT2D eigenvalue weighted by atomic mass is 32.2. The van der Waals surface area contributed by atoms with Crippen LogP contribution in [0.4, 0.5) is 0 Å². The number of hydrogen-bond acceptors (Lipinski definition) is 5. The monoisotopic (exact) mass is 349 g/mol. The second-order valence-corrected chi connectivity index (χ2v) is 8.83. The van der Waals surface area contributed by atoms with Crippen LogP contribution in [0.2, 0.25) is 0 Å². The summed E-state index contributed by atoms with van der Waals surface area (Å²) >= 11 is 0. The van der Waals surface area contributed by atoms with E-state index in [2.05, 4.69) is 23.5 Å². The number of rotatable bonds is 6. The summed E-state index contributed by atoms with van der Waals surface area (Å²) in [7, 11) is -3.48. The fourth-order valence-electron chi connectivity index (χ4n) is 3.20. The normalized spacial score (nSPS) is 31.6. The molecule has 2 heterocycles. The first-order valence-electron chi connectivity index (χ1n) is 8.50. The molecule has 0 amide bonds. The van der Waals surface area contributed by atoms with Crippen molar-refractivity contribution < 1.29 is 17.9 Å². The van der Waals surface area contributed by atoms with Crippen LogP contribution in [-0.2, 0) is 19.7 Å². The van der Waals surface area contributed by atoms with Gasteiger partial charge in [-0.2, -0.15) is 17.4 Å². The smallest absolute Gasteiger partial charge is 0.279 e. The van der Waals surface area contributed by atoms with Crippen molar-refractivity contribution in [3.05, 3.63) is 0 Å². The third kappa shape index (κ3) is 5.95. The minimum absolute atomic E-state index is 0.0808. The first kappa shape index (κ1) is 19.1. The quantitative estimate of drug-likeness (QED) is 0.746. The Morgan fingerprint density at radius 1 is 1.17 bits per heavy atom. The van der Waals surface area contributed by atoms with Gasteiger partial charge in [0.05, 0.1) is 24.9 Å². The highest BCUT2D eigenvalue weighted by molar-refractivity contribution is 7.87. The number of ether oxygens (including phenoxy) is 2. The molecule has 2 aliphatic heterocycles. The minimum Gasteiger partial charge on any atom is -0.374 e. The Kier molecular flexibility index (Phi) is 6.82. The van der Waals surface area contributed by atoms with E-state index in [1.165, 1.54) is 4.31 Å². The van der Waals surface area contributed by atoms with Gasteiger partial charge in [-0.3, -0.25) is 4.90 Å². The second-order valence-electron chi connectivity index (χ2n) is 7.07. The molecule has 0 aliphatic carbocycles. The Balaban J connectivity index is 1.84. The molecule has 23 heavy (non-hydrogen) atoms. The molecule has 3 atom stereocenters. The van der Waals surface area contributed by atoms with Gasteiger partial charge in [0.15, 0.2) is 0 Å². The fourth-order valence-corrected chi connectivity index (χ4v) is 4.59. The van der Waals surface area contributed by atoms with Crippen molar-refractivity contribution >= 4 is 10.2 Å². The maximum Gasteiger partial charge on any atom is 0.279 e. The first-order valence-corrected chi connectivity index (χ1v) is 9.94. The Bertz CT molecular complexity index is 461. The van der Waals surface area contributed by atoms with Gasteiger partial charge in [-0.15, -0.1) is 0 Å². The number of nitrogens with zero attached hydrogens (tertiary/aromatic N) is 2. The third-order valence-corrected chi connectivity index (χ3v) is 5.58. The molecule has 0 aromatic rings. The van der Waals surface area contributed by atoms with Crippen molar-refractivity contribution in [3.8, 4) is 0 Å². The summed E-state index contributed by atoms with van der Waals surface area (Å²) in [5.74, 6) is 0.599. The standard InChI is InChI=1S/C15H31N3O4S/c1-12(2)8-17-5-6-21-15(11-17)7-16-23(19,20)18-9-13(3)22-14(4)10-18/h12-16H,5-11H2,1-4H3. The molecule has 0 aromatic heterocycles. The van der Waals surface area contributed by atoms with Gasteiger partial charge in [0.1, 0.15) is 0 Å². The van der Waals surface area contributed by atoms with Crippen molar-refractivity contribution in [2.45, 2.75) is 46.0 Å². The maximum atomic E-state index is 12.5. The van der Waals surface area contributed by atoms with Gasteiger partial charge >= 0.3 is 0 Å². The van der Waals surface area contributed by atoms with E-state index in [4.69, 9.17) is 9.47 Å². The van der Waals surface area contributed by atoms with E-state index < -0.39 is 10.2 Å². The lowest BCUT2D eigenvalue weighted by Crippen LogP contribution is -2.54. The van der Waals surface area contributed by atoms with Crippen LogP contribution in [0.3, 0.4) is 0 Å². The van der Waals surface area contributed by atoms with E-state index in [1.807, 2.05) is 13.8 Å². The van der Waals surface area contributed by atoms with Crippen LogP contribution in [0.15, 0.2) is 0 Å². The maximum absolute atomic E-state index is 12.5. The minimum atomic E-state index is -3.48. The summed E-state index contributed by atoms with van der Waals surface area (Å²) in [5, 5.41) is 0. The fraction of sp³-hybridized carbons (Fsp3) is 1.00. The van der Waals surface area contributed by atoms with Crippen LogP contribution in [0.25, 0.3) is 0 Å². The summed E-state index contributed by atoms with van der Waals surface area (Å²) in [6.45, 7) is 12.6. The summed E-state index contributed by atoms with van der Waals surface area (Å²) in [4.78, 5) is 2.34. The van der Waals surface area contributed by atoms with Gasteiger partial charge < -0.3 is 9.47 Å². The average molecular weight is 349 g/mol. The Hall–Kier alpha value is -0.250. The van der Waals surface area contributed by atoms with Crippen LogP contribution in [-0.4, -0.2) is 81.8 Å². The molecule has 136 valence electrons. The van der Waals surface area contributed by atoms with E-state index in [0.29, 0.717) is 32.2 Å². The van der Waals surface area contributed by atoms with E-state index >= 15 is 0 Å². The zero-order chi connectivity index (χ0) is 17.0. The molecule has 7 nitrogen and oxygen atoms in total. The van der Waals surface area contributed by atoms with Gasteiger partial charge in [0.25, 0.3) is 10.2 Å². The third-order valence-electron chi connectivity index (χ3n) is 4.07. The van der Waals surface area contributed by atoms with Crippen LogP contribution in [0.1, 0.15) is 27.7 Å². The molecule has 3 unspecified atom stereocenters. The summed E-state index contributed by atoms with van der Waals surface area (Å²) < 4.78 is 40.4. The molecule has 8 heteroatoms. The molecule has 0 bridgehead atoms. The van der Waals surface area contributed by atoms with E-state index in [9.17, 15) is 8.42 Å². The molecule has 2 rings (SSSR count). The molecular formula is C15H31N3O4S. The first-order chi connectivity index (χ1) is 10.8. The van der Waals surface area contributed by atoms with E-state index in [1.54, 1.807) is 0 Å². The predicted molar refractivity (Wildman–Crippen MR) is 89.5 cm³/mol. The van der Waals surface area contributed by atoms with Crippen LogP contribution < -0.4 is 4.72 Å². The van der Waals surface area contributed by atoms with Crippen LogP contribution >= 0.6 is 0 Å². The molecule has 0 radical (unpaired) electrons. The van der Waals surface area contributed by atoms with E-state index in [0.717, 1.165) is 19.6 Å². The molecule has 0 saturated carbocycles. The van der Waals surface area contributed by atoms with Gasteiger partial charge in [0.2, 0.25) is 0 Å². The van der Waals surface area contributed by atoms with Gasteiger partial charge in [-0.1, -0.05) is 13.8 Å². The average Bonchev–Trinajstić information content (AvgIpc) is 2.44. The van der Waals surface area contributed by atoms with E-state index in [-0.39, 0.29) is 18.3 Å². The summed E-state index contributed by atoms with van der Waals surface area (Å²) in [6.07, 6.45) is -0.251. The SMILES string of the molecule is CC(C)CN1CCOC(CNS(=O)(=O)N2CC(C)OC(C)C2)C1. The van der Waals surface area contributed by atoms with Gasteiger partial charge in [-0.05, 0) is 19.8 Å². The predicted octanol–water partition coefficient (Wildman–Crippen LogP) is 0.287. The van der Waals surface area contributed by atoms with Crippen molar-refractivity contribution in [2.75, 3.05) is 45.9 Å². The molecule has 2 fully saturated rings. The lowest BCUT2D eigenvalue weighted by Gasteiger charge is -2.36. The zero-order valence-corrected chi connectivity index (χ0v) is 15.5. The number of morpholine rings is 2. The summed E-state index contributed by atoms with van der Waals surface area (Å²) in [5.41, 5.74) is 0. The zero-order valence-electron chi connectivity index (χ0n) is 14.7. The highest BCUT2D eigenvalue weighted by Gasteiger charge is 2.32. The van der Waals surface area contributed by atoms with Crippen LogP contribution in [0, 0.1) is 5.92 Å². The molecule has 0 aromatic carbocycles. The van der Waals surface area contributed by atoms with Crippen molar-refractivity contribution in [1.29, 1.82) is 0 Å². The van der Waals surface area contributed by atoms with Crippen molar-refractivity contribution in [3.63, 3.8) is 0 Å². The van der Waals surface area contributed by atoms with Crippen LogP contribution in [0.5, 0.6) is 0 Å². The molecule has 0 spiro atoms. The number of nitrogens with one attached hydrogen (secondary N) is 1. The van der Waals surface area contributed by atoms with Crippen molar-refractivity contribution in [2.24, 2.45) is 5.92 Å². The molecular weight excluding hydrogens is 318 g/mol. The van der Waals surface area contributed by atoms with Gasteiger partial charge in [0, 0.05) is 39.3 Å². The Morgan fingerprint density at radius 2 is 1.83 bits per heavy atom. The molecule has 2 saturated heterocycles. The molecule has 2 aliphatic rings. The van der Waals surface area contributed by atoms with Crippen molar-refractivity contribution in [1.82, 2.24) is 13.9 Å². The largest absolute Gasteiger partial charge is 0.374 e. The molecule has 1 N–H and O–H groups in total. The Labute approximate surface area is 140 Å². The lowest BCUT2D eigenvalue weighted by molar-refractivity contribution is -0.0451. The Morgan fingerprint density at radius 3 is 2.43 bits per heavy atom. The summed E-state index contributed by atoms with van der Waals surface area (Å²) in [6, 6.07) is 0. The highest BCUT2D eigenvalue weighted by Crippen LogP contribution is 2.14. The number of hydrogen-bond donors (Lipinski definition) is 1.